The van der Waals surface area contributed by atoms with Gasteiger partial charge in [-0.15, -0.1) is 4.15 Å². The first-order valence-electron chi connectivity index (χ1n) is 1.99. The van der Waals surface area contributed by atoms with E-state index in [-0.39, 0.29) is 0 Å². The van der Waals surface area contributed by atoms with Gasteiger partial charge in [-0.1, -0.05) is 0 Å². The normalized spacial score (nSPS) is 14.5. The first-order chi connectivity index (χ1) is 4.96. The van der Waals surface area contributed by atoms with Gasteiger partial charge in [0.05, 0.1) is 0 Å². The molecule has 0 atom stereocenters. The minimum Gasteiger partial charge on any atom is -0.195 e. The van der Waals surface area contributed by atoms with Crippen LogP contribution in [0.5, 0.6) is 0 Å². The molecular weight excluding hydrogens is 284 g/mol. The van der Waals surface area contributed by atoms with Crippen molar-refractivity contribution in [1.82, 2.24) is 0 Å². The van der Waals surface area contributed by atoms with Gasteiger partial charge in [0.25, 0.3) is 0 Å². The SMILES string of the molecule is O=S(=O)(N=P(Cl)(Cl)Cl)C(F)(F)F. The van der Waals surface area contributed by atoms with Gasteiger partial charge < -0.3 is 0 Å². The lowest BCUT2D eigenvalue weighted by atomic mass is 11.6. The Morgan fingerprint density at radius 2 is 1.50 bits per heavy atom. The second-order valence-corrected chi connectivity index (χ2v) is 10.3. The van der Waals surface area contributed by atoms with Gasteiger partial charge in [-0.05, 0) is 33.7 Å². The second kappa shape index (κ2) is 3.53. The zero-order valence-electron chi connectivity index (χ0n) is 4.89. The van der Waals surface area contributed by atoms with E-state index in [1.807, 2.05) is 0 Å². The Morgan fingerprint density at radius 1 is 1.17 bits per heavy atom. The van der Waals surface area contributed by atoms with Crippen LogP contribution in [0.1, 0.15) is 0 Å². The summed E-state index contributed by atoms with van der Waals surface area (Å²) in [5.41, 5.74) is -5.52. The summed E-state index contributed by atoms with van der Waals surface area (Å²) in [6.45, 7) is 0. The molecule has 0 rings (SSSR count). The first kappa shape index (κ1) is 12.8. The van der Waals surface area contributed by atoms with Crippen LogP contribution in [0.15, 0.2) is 4.15 Å². The van der Waals surface area contributed by atoms with Crippen LogP contribution in [0.3, 0.4) is 0 Å². The Morgan fingerprint density at radius 3 is 1.58 bits per heavy atom. The molecule has 0 unspecified atom stereocenters. The van der Waals surface area contributed by atoms with E-state index in [1.54, 1.807) is 0 Å². The van der Waals surface area contributed by atoms with E-state index in [1.165, 1.54) is 0 Å². The minimum atomic E-state index is -5.68. The van der Waals surface area contributed by atoms with Crippen LogP contribution in [-0.2, 0) is 10.0 Å². The zero-order chi connectivity index (χ0) is 10.2. The highest BCUT2D eigenvalue weighted by molar-refractivity contribution is 8.28. The fourth-order valence-corrected chi connectivity index (χ4v) is 3.71. The molecule has 3 nitrogen and oxygen atoms in total. The van der Waals surface area contributed by atoms with Crippen molar-refractivity contribution in [3.63, 3.8) is 0 Å². The van der Waals surface area contributed by atoms with Crippen LogP contribution >= 0.6 is 38.8 Å². The number of rotatable bonds is 1. The third kappa shape index (κ3) is 4.18. The second-order valence-electron chi connectivity index (χ2n) is 1.42. The molecular formula is CCl3F3NO2PS. The Balaban J connectivity index is 5.23. The Bertz CT molecular complexity index is 307. The molecule has 0 radical (unpaired) electrons. The van der Waals surface area contributed by atoms with Crippen molar-refractivity contribution in [2.45, 2.75) is 5.51 Å². The standard InChI is InChI=1S/CCl3F3NO2PS/c2-11(3,4)8-12(9,10)1(5,6)7. The predicted molar refractivity (Wildman–Crippen MR) is 41.9 cm³/mol. The molecule has 0 aliphatic carbocycles. The number of hydrogen-bond acceptors (Lipinski definition) is 2. The molecule has 0 fully saturated rings. The summed E-state index contributed by atoms with van der Waals surface area (Å²) >= 11 is 14.5. The van der Waals surface area contributed by atoms with Crippen LogP contribution in [0.2, 0.25) is 0 Å². The highest BCUT2D eigenvalue weighted by Gasteiger charge is 2.47. The maximum absolute atomic E-state index is 11.5. The molecule has 11 heteroatoms. The molecule has 0 aromatic carbocycles. The Labute approximate surface area is 80.3 Å². The summed E-state index contributed by atoms with van der Waals surface area (Å²) in [6.07, 6.45) is 0. The van der Waals surface area contributed by atoms with Gasteiger partial charge in [0, 0.05) is 0 Å². The van der Waals surface area contributed by atoms with Gasteiger partial charge in [-0.3, -0.25) is 0 Å². The van der Waals surface area contributed by atoms with Crippen LogP contribution in [0.4, 0.5) is 13.2 Å². The van der Waals surface area contributed by atoms with E-state index in [4.69, 9.17) is 33.7 Å². The van der Waals surface area contributed by atoms with Crippen LogP contribution < -0.4 is 0 Å². The topological polar surface area (TPSA) is 46.5 Å². The van der Waals surface area contributed by atoms with E-state index in [2.05, 4.69) is 4.15 Å². The first-order valence-corrected chi connectivity index (χ1v) is 7.89. The molecule has 0 N–H and O–H groups in total. The quantitative estimate of drug-likeness (QED) is 0.692. The lowest BCUT2D eigenvalue weighted by Gasteiger charge is -2.03. The molecule has 12 heavy (non-hydrogen) atoms. The smallest absolute Gasteiger partial charge is 0.195 e. The molecule has 0 saturated heterocycles. The average molecular weight is 284 g/mol. The lowest BCUT2D eigenvalue weighted by molar-refractivity contribution is -0.0434. The van der Waals surface area contributed by atoms with E-state index >= 15 is 0 Å². The monoisotopic (exact) mass is 283 g/mol. The third-order valence-corrected chi connectivity index (χ3v) is 4.34. The maximum atomic E-state index is 11.5. The minimum absolute atomic E-state index is 2.07. The van der Waals surface area contributed by atoms with Gasteiger partial charge in [-0.2, -0.15) is 21.6 Å². The van der Waals surface area contributed by atoms with Crippen molar-refractivity contribution in [2.75, 3.05) is 0 Å². The van der Waals surface area contributed by atoms with Crippen LogP contribution in [-0.4, -0.2) is 13.9 Å². The van der Waals surface area contributed by atoms with Crippen molar-refractivity contribution in [2.24, 2.45) is 4.15 Å². The largest absolute Gasteiger partial charge is 0.518 e. The summed E-state index contributed by atoms with van der Waals surface area (Å²) in [5, 5.41) is -3.90. The van der Waals surface area contributed by atoms with Crippen LogP contribution in [0, 0.1) is 0 Å². The Hall–Kier alpha value is 0.840. The van der Waals surface area contributed by atoms with E-state index in [0.717, 1.165) is 0 Å². The van der Waals surface area contributed by atoms with Gasteiger partial charge in [0.15, 0.2) is 0 Å². The summed E-state index contributed by atoms with van der Waals surface area (Å²) in [6, 6.07) is 0. The number of alkyl halides is 3. The van der Waals surface area contributed by atoms with Gasteiger partial charge >= 0.3 is 15.5 Å². The number of halogens is 6. The predicted octanol–water partition coefficient (Wildman–Crippen LogP) is 3.50. The summed E-state index contributed by atoms with van der Waals surface area (Å²) in [5.74, 6) is 0. The lowest BCUT2D eigenvalue weighted by Crippen LogP contribution is -2.19. The molecule has 0 aliphatic heterocycles. The van der Waals surface area contributed by atoms with Gasteiger partial charge in [0.2, 0.25) is 5.11 Å². The summed E-state index contributed by atoms with van der Waals surface area (Å²) < 4.78 is 56.9. The fourth-order valence-electron chi connectivity index (χ4n) is 0.168. The number of nitrogens with zero attached hydrogens (tertiary/aromatic N) is 1. The van der Waals surface area contributed by atoms with Crippen molar-refractivity contribution < 1.29 is 21.6 Å². The average Bonchev–Trinajstić information content (AvgIpc) is 1.52. The molecule has 0 aliphatic rings. The molecule has 0 bridgehead atoms. The number of hydrogen-bond donors (Lipinski definition) is 0. The molecule has 0 spiro atoms. The molecule has 0 heterocycles. The maximum Gasteiger partial charge on any atom is 0.518 e. The van der Waals surface area contributed by atoms with Crippen LogP contribution in [0.25, 0.3) is 0 Å². The van der Waals surface area contributed by atoms with E-state index in [9.17, 15) is 21.6 Å². The molecule has 0 saturated carbocycles. The fraction of sp³-hybridized carbons (Fsp3) is 1.00. The summed E-state index contributed by atoms with van der Waals surface area (Å²) in [7, 11) is -5.68. The van der Waals surface area contributed by atoms with Gasteiger partial charge in [0.1, 0.15) is 0 Å². The highest BCUT2D eigenvalue weighted by Crippen LogP contribution is 2.66. The summed E-state index contributed by atoms with van der Waals surface area (Å²) in [4.78, 5) is 0. The van der Waals surface area contributed by atoms with Crippen molar-refractivity contribution >= 4 is 48.9 Å². The highest BCUT2D eigenvalue weighted by atomic mass is 36.0. The molecule has 0 amide bonds. The van der Waals surface area contributed by atoms with Crippen molar-refractivity contribution in [1.29, 1.82) is 0 Å². The van der Waals surface area contributed by atoms with Crippen molar-refractivity contribution in [3.05, 3.63) is 0 Å². The molecule has 0 aromatic heterocycles. The van der Waals surface area contributed by atoms with E-state index in [0.29, 0.717) is 0 Å². The zero-order valence-corrected chi connectivity index (χ0v) is 8.87. The Kier molecular flexibility index (Phi) is 3.78. The van der Waals surface area contributed by atoms with Crippen molar-refractivity contribution in [3.8, 4) is 0 Å². The number of sulfonamides is 1. The van der Waals surface area contributed by atoms with E-state index < -0.39 is 20.6 Å². The third-order valence-electron chi connectivity index (χ3n) is 0.493. The molecule has 0 aromatic rings. The molecule has 74 valence electrons. The van der Waals surface area contributed by atoms with Gasteiger partial charge in [-0.25, -0.2) is 0 Å².